The second kappa shape index (κ2) is 11.2. The van der Waals surface area contributed by atoms with Crippen LogP contribution < -0.4 is 4.74 Å². The van der Waals surface area contributed by atoms with E-state index in [1.54, 1.807) is 6.08 Å². The third-order valence-corrected chi connectivity index (χ3v) is 6.14. The van der Waals surface area contributed by atoms with Crippen LogP contribution in [0.2, 0.25) is 0 Å². The maximum atomic E-state index is 11.2. The standard InChI is InChI=1S/C25H26BrN3O4/c1-31-24(30)11-6-18-4-9-22(10-5-18)32-17-23-27-25(28-33-23)20-12-14-29(15-13-20)16-19-2-7-21(26)8-3-19/h2-11,20H,12-17H2,1H3. The normalized spacial score (nSPS) is 15.1. The molecular formula is C25H26BrN3O4. The fraction of sp³-hybridized carbons (Fsp3) is 0.320. The summed E-state index contributed by atoms with van der Waals surface area (Å²) < 4.78 is 16.9. The van der Waals surface area contributed by atoms with Crippen LogP contribution in [-0.2, 0) is 22.7 Å². The molecule has 7 nitrogen and oxygen atoms in total. The molecule has 0 radical (unpaired) electrons. The highest BCUT2D eigenvalue weighted by Gasteiger charge is 2.24. The van der Waals surface area contributed by atoms with E-state index in [0.717, 1.165) is 48.3 Å². The molecule has 2 heterocycles. The number of halogens is 1. The monoisotopic (exact) mass is 511 g/mol. The van der Waals surface area contributed by atoms with Gasteiger partial charge in [-0.1, -0.05) is 45.4 Å². The summed E-state index contributed by atoms with van der Waals surface area (Å²) in [5.41, 5.74) is 2.20. The summed E-state index contributed by atoms with van der Waals surface area (Å²) in [5.74, 6) is 1.84. The first-order valence-corrected chi connectivity index (χ1v) is 11.7. The Bertz CT molecular complexity index is 1070. The number of likely N-dealkylation sites (tertiary alicyclic amines) is 1. The number of methoxy groups -OCH3 is 1. The fourth-order valence-corrected chi connectivity index (χ4v) is 4.01. The van der Waals surface area contributed by atoms with Gasteiger partial charge in [-0.05, 0) is 67.4 Å². The van der Waals surface area contributed by atoms with Crippen molar-refractivity contribution in [1.29, 1.82) is 0 Å². The number of hydrogen-bond donors (Lipinski definition) is 0. The van der Waals surface area contributed by atoms with Crippen molar-refractivity contribution < 1.29 is 18.8 Å². The zero-order chi connectivity index (χ0) is 23.0. The van der Waals surface area contributed by atoms with Crippen molar-refractivity contribution in [3.63, 3.8) is 0 Å². The van der Waals surface area contributed by atoms with Crippen LogP contribution in [0.4, 0.5) is 0 Å². The number of esters is 1. The van der Waals surface area contributed by atoms with Gasteiger partial charge in [-0.25, -0.2) is 4.79 Å². The number of carbonyl (C=O) groups is 1. The molecule has 8 heteroatoms. The predicted molar refractivity (Wildman–Crippen MR) is 128 cm³/mol. The molecule has 0 unspecified atom stereocenters. The molecule has 0 spiro atoms. The average molecular weight is 512 g/mol. The first-order valence-electron chi connectivity index (χ1n) is 10.9. The van der Waals surface area contributed by atoms with E-state index >= 15 is 0 Å². The summed E-state index contributed by atoms with van der Waals surface area (Å²) in [6, 6.07) is 15.9. The lowest BCUT2D eigenvalue weighted by atomic mass is 9.96. The van der Waals surface area contributed by atoms with Gasteiger partial charge < -0.3 is 14.0 Å². The third kappa shape index (κ3) is 6.76. The molecular weight excluding hydrogens is 486 g/mol. The van der Waals surface area contributed by atoms with Crippen LogP contribution in [0.25, 0.3) is 6.08 Å². The average Bonchev–Trinajstić information content (AvgIpc) is 3.33. The number of carbonyl (C=O) groups excluding carboxylic acids is 1. The minimum atomic E-state index is -0.391. The van der Waals surface area contributed by atoms with Crippen LogP contribution in [0, 0.1) is 0 Å². The number of piperidine rings is 1. The van der Waals surface area contributed by atoms with E-state index in [9.17, 15) is 4.79 Å². The quantitative estimate of drug-likeness (QED) is 0.311. The molecule has 1 aliphatic rings. The maximum Gasteiger partial charge on any atom is 0.330 e. The summed E-state index contributed by atoms with van der Waals surface area (Å²) in [6.45, 7) is 3.20. The molecule has 1 aliphatic heterocycles. The minimum Gasteiger partial charge on any atom is -0.484 e. The second-order valence-corrected chi connectivity index (χ2v) is 8.85. The van der Waals surface area contributed by atoms with Crippen molar-refractivity contribution in [2.75, 3.05) is 20.2 Å². The topological polar surface area (TPSA) is 77.7 Å². The molecule has 4 rings (SSSR count). The van der Waals surface area contributed by atoms with Crippen LogP contribution in [0.3, 0.4) is 0 Å². The highest BCUT2D eigenvalue weighted by molar-refractivity contribution is 9.10. The van der Waals surface area contributed by atoms with Crippen LogP contribution >= 0.6 is 15.9 Å². The second-order valence-electron chi connectivity index (χ2n) is 7.94. The fourth-order valence-electron chi connectivity index (χ4n) is 3.74. The van der Waals surface area contributed by atoms with Crippen molar-refractivity contribution in [2.45, 2.75) is 31.9 Å². The van der Waals surface area contributed by atoms with E-state index in [2.05, 4.69) is 60.0 Å². The van der Waals surface area contributed by atoms with Crippen molar-refractivity contribution >= 4 is 28.0 Å². The summed E-state index contributed by atoms with van der Waals surface area (Å²) in [6.07, 6.45) is 5.08. The molecule has 172 valence electrons. The lowest BCUT2D eigenvalue weighted by molar-refractivity contribution is -0.134. The number of hydrogen-bond acceptors (Lipinski definition) is 7. The Kier molecular flexibility index (Phi) is 7.91. The van der Waals surface area contributed by atoms with Crippen molar-refractivity contribution in [3.8, 4) is 5.75 Å². The molecule has 0 N–H and O–H groups in total. The molecule has 0 atom stereocenters. The van der Waals surface area contributed by atoms with Gasteiger partial charge in [-0.3, -0.25) is 4.90 Å². The smallest absolute Gasteiger partial charge is 0.330 e. The Morgan fingerprint density at radius 3 is 2.58 bits per heavy atom. The molecule has 2 aromatic carbocycles. The summed E-state index contributed by atoms with van der Waals surface area (Å²) in [5, 5.41) is 4.19. The van der Waals surface area contributed by atoms with Crippen LogP contribution in [0.15, 0.2) is 63.6 Å². The molecule has 1 saturated heterocycles. The lowest BCUT2D eigenvalue weighted by Crippen LogP contribution is -2.32. The largest absolute Gasteiger partial charge is 0.484 e. The van der Waals surface area contributed by atoms with Gasteiger partial charge >= 0.3 is 5.97 Å². The highest BCUT2D eigenvalue weighted by Crippen LogP contribution is 2.27. The van der Waals surface area contributed by atoms with Gasteiger partial charge in [0, 0.05) is 23.0 Å². The molecule has 0 bridgehead atoms. The SMILES string of the molecule is COC(=O)C=Cc1ccc(OCc2nc(C3CCN(Cc4ccc(Br)cc4)CC3)no2)cc1. The van der Waals surface area contributed by atoms with E-state index < -0.39 is 5.97 Å². The number of benzene rings is 2. The Balaban J connectivity index is 1.23. The number of rotatable bonds is 8. The van der Waals surface area contributed by atoms with Crippen molar-refractivity contribution in [3.05, 3.63) is 81.9 Å². The first-order chi connectivity index (χ1) is 16.1. The predicted octanol–water partition coefficient (Wildman–Crippen LogP) is 4.98. The molecule has 33 heavy (non-hydrogen) atoms. The molecule has 0 saturated carbocycles. The zero-order valence-electron chi connectivity index (χ0n) is 18.4. The number of ether oxygens (including phenoxy) is 2. The summed E-state index contributed by atoms with van der Waals surface area (Å²) in [7, 11) is 1.35. The molecule has 1 aromatic heterocycles. The van der Waals surface area contributed by atoms with Crippen molar-refractivity contribution in [2.24, 2.45) is 0 Å². The molecule has 1 fully saturated rings. The first kappa shape index (κ1) is 23.2. The Labute approximate surface area is 201 Å². The molecule has 3 aromatic rings. The Hall–Kier alpha value is -2.97. The van der Waals surface area contributed by atoms with Gasteiger partial charge in [-0.2, -0.15) is 4.98 Å². The third-order valence-electron chi connectivity index (χ3n) is 5.61. The Morgan fingerprint density at radius 2 is 1.88 bits per heavy atom. The molecule has 0 amide bonds. The highest BCUT2D eigenvalue weighted by atomic mass is 79.9. The lowest BCUT2D eigenvalue weighted by Gasteiger charge is -2.30. The van der Waals surface area contributed by atoms with E-state index in [1.165, 1.54) is 18.7 Å². The van der Waals surface area contributed by atoms with Crippen LogP contribution in [0.5, 0.6) is 5.75 Å². The Morgan fingerprint density at radius 1 is 1.15 bits per heavy atom. The van der Waals surface area contributed by atoms with E-state index in [-0.39, 0.29) is 6.61 Å². The van der Waals surface area contributed by atoms with Gasteiger partial charge in [-0.15, -0.1) is 0 Å². The van der Waals surface area contributed by atoms with E-state index in [4.69, 9.17) is 9.26 Å². The maximum absolute atomic E-state index is 11.2. The van der Waals surface area contributed by atoms with Crippen LogP contribution in [-0.4, -0.2) is 41.2 Å². The van der Waals surface area contributed by atoms with Crippen LogP contribution in [0.1, 0.15) is 41.6 Å². The summed E-state index contributed by atoms with van der Waals surface area (Å²) in [4.78, 5) is 18.2. The van der Waals surface area contributed by atoms with E-state index in [0.29, 0.717) is 17.6 Å². The van der Waals surface area contributed by atoms with Gasteiger partial charge in [0.1, 0.15) is 5.75 Å². The van der Waals surface area contributed by atoms with Crippen molar-refractivity contribution in [1.82, 2.24) is 15.0 Å². The molecule has 0 aliphatic carbocycles. The number of nitrogens with zero attached hydrogens (tertiary/aromatic N) is 3. The van der Waals surface area contributed by atoms with Gasteiger partial charge in [0.05, 0.1) is 7.11 Å². The zero-order valence-corrected chi connectivity index (χ0v) is 20.0. The van der Waals surface area contributed by atoms with E-state index in [1.807, 2.05) is 24.3 Å². The van der Waals surface area contributed by atoms with Gasteiger partial charge in [0.2, 0.25) is 0 Å². The van der Waals surface area contributed by atoms with Gasteiger partial charge in [0.15, 0.2) is 12.4 Å². The minimum absolute atomic E-state index is 0.215. The van der Waals surface area contributed by atoms with Gasteiger partial charge in [0.25, 0.3) is 5.89 Å². The summed E-state index contributed by atoms with van der Waals surface area (Å²) >= 11 is 3.48. The number of aromatic nitrogens is 2.